The van der Waals surface area contributed by atoms with Gasteiger partial charge in [-0.2, -0.15) is 5.26 Å². The average Bonchev–Trinajstić information content (AvgIpc) is 3.10. The summed E-state index contributed by atoms with van der Waals surface area (Å²) in [5.74, 6) is 0.857. The predicted molar refractivity (Wildman–Crippen MR) is 92.9 cm³/mol. The second-order valence-corrected chi connectivity index (χ2v) is 5.49. The molecule has 6 heteroatoms. The van der Waals surface area contributed by atoms with Crippen molar-refractivity contribution in [1.82, 2.24) is 5.32 Å². The number of benzene rings is 2. The lowest BCUT2D eigenvalue weighted by Gasteiger charge is -2.13. The van der Waals surface area contributed by atoms with E-state index in [1.54, 1.807) is 18.2 Å². The quantitative estimate of drug-likeness (QED) is 0.648. The Kier molecular flexibility index (Phi) is 4.86. The molecule has 0 bridgehead atoms. The lowest BCUT2D eigenvalue weighted by Crippen LogP contribution is -2.28. The molecule has 1 heterocycles. The van der Waals surface area contributed by atoms with Crippen LogP contribution in [0.3, 0.4) is 0 Å². The van der Waals surface area contributed by atoms with Crippen LogP contribution >= 0.6 is 0 Å². The van der Waals surface area contributed by atoms with Crippen molar-refractivity contribution in [2.45, 2.75) is 13.0 Å². The average molecular weight is 335 g/mol. The van der Waals surface area contributed by atoms with E-state index in [1.165, 1.54) is 6.20 Å². The molecule has 0 saturated carbocycles. The summed E-state index contributed by atoms with van der Waals surface area (Å²) in [6, 6.07) is 16.6. The molecule has 1 amide bonds. The van der Waals surface area contributed by atoms with Crippen molar-refractivity contribution in [3.05, 3.63) is 65.9 Å². The number of carbonyl (C=O) groups is 1. The van der Waals surface area contributed by atoms with Crippen LogP contribution in [0.5, 0.6) is 11.5 Å². The van der Waals surface area contributed by atoms with Crippen LogP contribution in [0.1, 0.15) is 18.5 Å². The number of nitriles is 1. The van der Waals surface area contributed by atoms with E-state index >= 15 is 0 Å². The topological polar surface area (TPSA) is 83.4 Å². The third-order valence-corrected chi connectivity index (χ3v) is 3.77. The summed E-state index contributed by atoms with van der Waals surface area (Å²) < 4.78 is 10.5. The molecular weight excluding hydrogens is 318 g/mol. The van der Waals surface area contributed by atoms with Gasteiger partial charge in [0.05, 0.1) is 6.04 Å². The zero-order valence-corrected chi connectivity index (χ0v) is 13.7. The Morgan fingerprint density at radius 2 is 1.96 bits per heavy atom. The van der Waals surface area contributed by atoms with E-state index in [2.05, 4.69) is 10.6 Å². The molecule has 25 heavy (non-hydrogen) atoms. The molecular formula is C19H17N3O3. The van der Waals surface area contributed by atoms with Crippen molar-refractivity contribution in [1.29, 1.82) is 5.26 Å². The first-order valence-electron chi connectivity index (χ1n) is 7.79. The van der Waals surface area contributed by atoms with Crippen LogP contribution in [-0.2, 0) is 4.79 Å². The number of nitrogens with zero attached hydrogens (tertiary/aromatic N) is 1. The lowest BCUT2D eigenvalue weighted by atomic mass is 10.1. The molecule has 0 radical (unpaired) electrons. The maximum Gasteiger partial charge on any atom is 0.263 e. The number of nitrogens with one attached hydrogen (secondary N) is 2. The fraction of sp³-hybridized carbons (Fsp3) is 0.158. The highest BCUT2D eigenvalue weighted by atomic mass is 16.7. The minimum atomic E-state index is -0.438. The number of hydrogen-bond donors (Lipinski definition) is 2. The van der Waals surface area contributed by atoms with Crippen molar-refractivity contribution >= 4 is 11.6 Å². The van der Waals surface area contributed by atoms with Gasteiger partial charge in [-0.3, -0.25) is 4.79 Å². The van der Waals surface area contributed by atoms with Crippen LogP contribution in [0.2, 0.25) is 0 Å². The Morgan fingerprint density at radius 1 is 1.20 bits per heavy atom. The number of hydrogen-bond acceptors (Lipinski definition) is 5. The standard InChI is InChI=1S/C19H17N3O3/c1-13(14-5-3-2-4-6-14)22-19(23)15(10-20)11-21-16-7-8-17-18(9-16)25-12-24-17/h2-9,11,13,21H,12H2,1H3,(H,22,23)/b15-11-. The monoisotopic (exact) mass is 335 g/mol. The molecule has 1 unspecified atom stereocenters. The van der Waals surface area contributed by atoms with E-state index < -0.39 is 5.91 Å². The van der Waals surface area contributed by atoms with Crippen LogP contribution in [0.4, 0.5) is 5.69 Å². The van der Waals surface area contributed by atoms with E-state index in [1.807, 2.05) is 43.3 Å². The Morgan fingerprint density at radius 3 is 2.72 bits per heavy atom. The molecule has 126 valence electrons. The highest BCUT2D eigenvalue weighted by Crippen LogP contribution is 2.34. The maximum atomic E-state index is 12.3. The van der Waals surface area contributed by atoms with Crippen molar-refractivity contribution in [3.63, 3.8) is 0 Å². The van der Waals surface area contributed by atoms with Gasteiger partial charge in [-0.1, -0.05) is 30.3 Å². The van der Waals surface area contributed by atoms with E-state index in [9.17, 15) is 10.1 Å². The number of amides is 1. The van der Waals surface area contributed by atoms with E-state index in [0.717, 1.165) is 5.56 Å². The summed E-state index contributed by atoms with van der Waals surface area (Å²) in [5.41, 5.74) is 1.65. The van der Waals surface area contributed by atoms with Gasteiger partial charge in [0.2, 0.25) is 6.79 Å². The first-order valence-corrected chi connectivity index (χ1v) is 7.79. The highest BCUT2D eigenvalue weighted by molar-refractivity contribution is 5.97. The van der Waals surface area contributed by atoms with Crippen molar-refractivity contribution < 1.29 is 14.3 Å². The second-order valence-electron chi connectivity index (χ2n) is 5.49. The van der Waals surface area contributed by atoms with Crippen LogP contribution < -0.4 is 20.1 Å². The first kappa shape index (κ1) is 16.4. The molecule has 3 rings (SSSR count). The SMILES string of the molecule is CC(NC(=O)/C(C#N)=C\Nc1ccc2c(c1)OCO2)c1ccccc1. The third kappa shape index (κ3) is 3.90. The fourth-order valence-electron chi connectivity index (χ4n) is 2.39. The van der Waals surface area contributed by atoms with Gasteiger partial charge >= 0.3 is 0 Å². The van der Waals surface area contributed by atoms with Gasteiger partial charge in [-0.15, -0.1) is 0 Å². The molecule has 2 N–H and O–H groups in total. The normalized spacial score (nSPS) is 13.7. The van der Waals surface area contributed by atoms with Crippen molar-refractivity contribution in [2.24, 2.45) is 0 Å². The summed E-state index contributed by atoms with van der Waals surface area (Å²) in [4.78, 5) is 12.3. The molecule has 0 spiro atoms. The van der Waals surface area contributed by atoms with Gasteiger partial charge in [0.1, 0.15) is 11.6 Å². The summed E-state index contributed by atoms with van der Waals surface area (Å²) >= 11 is 0. The van der Waals surface area contributed by atoms with Crippen LogP contribution in [-0.4, -0.2) is 12.7 Å². The van der Waals surface area contributed by atoms with Gasteiger partial charge in [-0.25, -0.2) is 0 Å². The minimum Gasteiger partial charge on any atom is -0.454 e. The summed E-state index contributed by atoms with van der Waals surface area (Å²) in [6.07, 6.45) is 1.38. The van der Waals surface area contributed by atoms with Crippen LogP contribution in [0, 0.1) is 11.3 Å². The molecule has 6 nitrogen and oxygen atoms in total. The fourth-order valence-corrected chi connectivity index (χ4v) is 2.39. The number of anilines is 1. The Hall–Kier alpha value is -3.46. The summed E-state index contributed by atoms with van der Waals surface area (Å²) in [7, 11) is 0. The minimum absolute atomic E-state index is 0.0135. The number of fused-ring (bicyclic) bond motifs is 1. The zero-order chi connectivity index (χ0) is 17.6. The summed E-state index contributed by atoms with van der Waals surface area (Å²) in [5, 5.41) is 15.0. The van der Waals surface area contributed by atoms with E-state index in [4.69, 9.17) is 9.47 Å². The number of rotatable bonds is 5. The lowest BCUT2D eigenvalue weighted by molar-refractivity contribution is -0.117. The Labute approximate surface area is 145 Å². The van der Waals surface area contributed by atoms with E-state index in [0.29, 0.717) is 17.2 Å². The predicted octanol–water partition coefficient (Wildman–Crippen LogP) is 3.11. The Bertz CT molecular complexity index is 841. The van der Waals surface area contributed by atoms with Crippen molar-refractivity contribution in [3.8, 4) is 17.6 Å². The second kappa shape index (κ2) is 7.41. The number of ether oxygens (including phenoxy) is 2. The molecule has 0 fully saturated rings. The molecule has 0 aromatic heterocycles. The smallest absolute Gasteiger partial charge is 0.263 e. The molecule has 1 aliphatic rings. The maximum absolute atomic E-state index is 12.3. The molecule has 2 aromatic carbocycles. The van der Waals surface area contributed by atoms with Gasteiger partial charge in [-0.05, 0) is 24.6 Å². The molecule has 0 saturated heterocycles. The van der Waals surface area contributed by atoms with Crippen LogP contribution in [0.25, 0.3) is 0 Å². The molecule has 2 aromatic rings. The molecule has 1 atom stereocenters. The number of carbonyl (C=O) groups excluding carboxylic acids is 1. The summed E-state index contributed by atoms with van der Waals surface area (Å²) in [6.45, 7) is 2.06. The zero-order valence-electron chi connectivity index (χ0n) is 13.7. The van der Waals surface area contributed by atoms with Crippen LogP contribution in [0.15, 0.2) is 60.3 Å². The van der Waals surface area contributed by atoms with Gasteiger partial charge in [0.15, 0.2) is 11.5 Å². The highest BCUT2D eigenvalue weighted by Gasteiger charge is 2.15. The molecule has 1 aliphatic heterocycles. The van der Waals surface area contributed by atoms with Gasteiger partial charge in [0, 0.05) is 18.0 Å². The first-order chi connectivity index (χ1) is 12.2. The van der Waals surface area contributed by atoms with E-state index in [-0.39, 0.29) is 18.4 Å². The van der Waals surface area contributed by atoms with Gasteiger partial charge < -0.3 is 20.1 Å². The molecule has 0 aliphatic carbocycles. The Balaban J connectivity index is 1.66. The largest absolute Gasteiger partial charge is 0.454 e. The third-order valence-electron chi connectivity index (χ3n) is 3.77. The van der Waals surface area contributed by atoms with Crippen molar-refractivity contribution in [2.75, 3.05) is 12.1 Å². The van der Waals surface area contributed by atoms with Gasteiger partial charge in [0.25, 0.3) is 5.91 Å².